The molecule has 0 saturated carbocycles. The smallest absolute Gasteiger partial charge is 0.0465 e. The van der Waals surface area contributed by atoms with Gasteiger partial charge in [0.25, 0.3) is 0 Å². The van der Waals surface area contributed by atoms with Crippen molar-refractivity contribution in [1.29, 1.82) is 0 Å². The number of hydrogen-bond donors (Lipinski definition) is 0. The Morgan fingerprint density at radius 3 is 0.613 bits per heavy atom. The predicted octanol–water partition coefficient (Wildman–Crippen LogP) is 21.2. The average Bonchev–Trinajstić information content (AvgIpc) is 4.25. The fraction of sp³-hybridized carbons (Fsp3) is 0.154. The lowest BCUT2D eigenvalue weighted by atomic mass is 9.82. The first kappa shape index (κ1) is 48.2. The van der Waals surface area contributed by atoms with Crippen LogP contribution in [-0.2, 0) is 21.7 Å². The van der Waals surface area contributed by atoms with Gasteiger partial charge in [-0.15, -0.1) is 0 Å². The molecule has 0 atom stereocenters. The molecular weight excluding hydrogens is 965 g/mol. The Hall–Kier alpha value is -8.98. The first-order chi connectivity index (χ1) is 38.7. The molecule has 0 fully saturated rings. The number of hydrogen-bond acceptors (Lipinski definition) is 2. The summed E-state index contributed by atoms with van der Waals surface area (Å²) in [6.07, 6.45) is 0. The van der Waals surface area contributed by atoms with Crippen molar-refractivity contribution in [2.24, 2.45) is 0 Å². The Kier molecular flexibility index (Phi) is 10.4. The minimum absolute atomic E-state index is 0.115. The van der Waals surface area contributed by atoms with Crippen LogP contribution >= 0.6 is 0 Å². The van der Waals surface area contributed by atoms with E-state index in [0.29, 0.717) is 0 Å². The van der Waals surface area contributed by atoms with Gasteiger partial charge < -0.3 is 9.80 Å². The van der Waals surface area contributed by atoms with Crippen molar-refractivity contribution in [2.45, 2.75) is 77.0 Å². The Labute approximate surface area is 472 Å². The Balaban J connectivity index is 0.757. The van der Waals surface area contributed by atoms with Crippen molar-refractivity contribution in [3.63, 3.8) is 0 Å². The molecule has 0 aliphatic heterocycles. The van der Waals surface area contributed by atoms with Crippen molar-refractivity contribution in [3.05, 3.63) is 287 Å². The van der Waals surface area contributed by atoms with E-state index in [-0.39, 0.29) is 21.7 Å². The van der Waals surface area contributed by atoms with E-state index in [1.54, 1.807) is 0 Å². The average molecular weight is 1030 g/mol. The largest absolute Gasteiger partial charge is 0.310 e. The molecule has 4 aliphatic rings. The molecule has 0 radical (unpaired) electrons. The van der Waals surface area contributed by atoms with E-state index in [1.165, 1.54) is 111 Å². The van der Waals surface area contributed by atoms with Crippen molar-refractivity contribution in [1.82, 2.24) is 0 Å². The summed E-state index contributed by atoms with van der Waals surface area (Å²) in [5, 5.41) is 0. The Morgan fingerprint density at radius 2 is 0.375 bits per heavy atom. The third kappa shape index (κ3) is 7.04. The summed E-state index contributed by atoms with van der Waals surface area (Å²) in [6.45, 7) is 19.0. The second kappa shape index (κ2) is 17.3. The van der Waals surface area contributed by atoms with Crippen LogP contribution in [0.1, 0.15) is 99.9 Å². The maximum atomic E-state index is 2.46. The molecule has 15 rings (SSSR count). The number of rotatable bonds is 8. The zero-order chi connectivity index (χ0) is 54.5. The number of anilines is 6. The van der Waals surface area contributed by atoms with Crippen molar-refractivity contribution in [2.75, 3.05) is 9.80 Å². The first-order valence-corrected chi connectivity index (χ1v) is 28.6. The molecule has 2 heteroatoms. The third-order valence-electron chi connectivity index (χ3n) is 19.1. The van der Waals surface area contributed by atoms with E-state index >= 15 is 0 Å². The van der Waals surface area contributed by atoms with Gasteiger partial charge in [0, 0.05) is 55.8 Å². The van der Waals surface area contributed by atoms with Gasteiger partial charge in [0.15, 0.2) is 0 Å². The fourth-order valence-corrected chi connectivity index (χ4v) is 14.7. The predicted molar refractivity (Wildman–Crippen MR) is 337 cm³/mol. The molecule has 2 nitrogen and oxygen atoms in total. The summed E-state index contributed by atoms with van der Waals surface area (Å²) in [4.78, 5) is 4.93. The topological polar surface area (TPSA) is 6.48 Å². The second-order valence-corrected chi connectivity index (χ2v) is 24.9. The van der Waals surface area contributed by atoms with Gasteiger partial charge in [0.2, 0.25) is 0 Å². The first-order valence-electron chi connectivity index (χ1n) is 28.6. The lowest BCUT2D eigenvalue weighted by Crippen LogP contribution is -2.18. The van der Waals surface area contributed by atoms with Crippen LogP contribution in [0.4, 0.5) is 34.1 Å². The monoisotopic (exact) mass is 1030 g/mol. The molecule has 0 N–H and O–H groups in total. The Morgan fingerprint density at radius 1 is 0.188 bits per heavy atom. The zero-order valence-electron chi connectivity index (χ0n) is 47.0. The van der Waals surface area contributed by atoms with Crippen LogP contribution in [-0.4, -0.2) is 0 Å². The molecular formula is C78H64N2. The fourth-order valence-electron chi connectivity index (χ4n) is 14.7. The highest BCUT2D eigenvalue weighted by molar-refractivity contribution is 5.91. The number of nitrogens with zero attached hydrogens (tertiary/aromatic N) is 2. The van der Waals surface area contributed by atoms with E-state index < -0.39 is 0 Å². The molecule has 0 aromatic heterocycles. The van der Waals surface area contributed by atoms with E-state index in [0.717, 1.165) is 34.1 Å². The number of fused-ring (bicyclic) bond motifs is 12. The van der Waals surface area contributed by atoms with Crippen LogP contribution in [0.3, 0.4) is 0 Å². The van der Waals surface area contributed by atoms with Crippen LogP contribution in [0.25, 0.3) is 66.8 Å². The molecule has 0 unspecified atom stereocenters. The van der Waals surface area contributed by atoms with Crippen LogP contribution in [0.5, 0.6) is 0 Å². The molecule has 4 aliphatic carbocycles. The molecule has 11 aromatic rings. The highest BCUT2D eigenvalue weighted by Gasteiger charge is 2.40. The molecule has 0 bridgehead atoms. The van der Waals surface area contributed by atoms with Crippen LogP contribution in [0, 0.1) is 0 Å². The van der Waals surface area contributed by atoms with Gasteiger partial charge in [-0.2, -0.15) is 0 Å². The van der Waals surface area contributed by atoms with E-state index in [2.05, 4.69) is 308 Å². The highest BCUT2D eigenvalue weighted by atomic mass is 15.1. The summed E-state index contributed by atoms with van der Waals surface area (Å²) in [7, 11) is 0. The van der Waals surface area contributed by atoms with Crippen LogP contribution in [0.2, 0.25) is 0 Å². The SMILES string of the molecule is CC1(C)c2ccccc2-c2ccc(N(c3ccc(-c4ccc(-c5ccc(N(c6ccc7c(c6)C(C)(C)c6ccccc6-7)c6ccc7c(c6)C(C)(C)c6ccccc6-7)cc5)cc4)cc3)c3ccc4c(c3)C(C)(C)c3ccccc3-4)cc21. The summed E-state index contributed by atoms with van der Waals surface area (Å²) >= 11 is 0. The van der Waals surface area contributed by atoms with Gasteiger partial charge in [-0.25, -0.2) is 0 Å². The molecule has 0 heterocycles. The highest BCUT2D eigenvalue weighted by Crippen LogP contribution is 2.56. The summed E-state index contributed by atoms with van der Waals surface area (Å²) in [5.41, 5.74) is 32.8. The second-order valence-electron chi connectivity index (χ2n) is 24.9. The van der Waals surface area contributed by atoms with Gasteiger partial charge in [0.05, 0.1) is 0 Å². The van der Waals surface area contributed by atoms with Gasteiger partial charge in [-0.05, 0) is 184 Å². The van der Waals surface area contributed by atoms with Crippen LogP contribution in [0.15, 0.2) is 243 Å². The van der Waals surface area contributed by atoms with Crippen molar-refractivity contribution in [3.8, 4) is 66.8 Å². The molecule has 11 aromatic carbocycles. The lowest BCUT2D eigenvalue weighted by Gasteiger charge is -2.30. The van der Waals surface area contributed by atoms with Crippen molar-refractivity contribution < 1.29 is 0 Å². The zero-order valence-corrected chi connectivity index (χ0v) is 47.0. The normalized spacial score (nSPS) is 15.4. The van der Waals surface area contributed by atoms with Gasteiger partial charge in [-0.3, -0.25) is 0 Å². The molecule has 0 spiro atoms. The molecule has 0 saturated heterocycles. The lowest BCUT2D eigenvalue weighted by molar-refractivity contribution is 0.659. The standard InChI is InChI=1S/C78H64N2/c1-75(2)67-21-13-9-17-59(67)63-41-37-55(45-71(63)75)79(56-38-42-64-60-18-10-14-22-68(60)76(3,4)72(64)46-56)53-33-29-51(30-34-53)49-25-27-50(28-26-49)52-31-35-54(36-32-52)80(57-39-43-65-61-19-11-15-23-69(61)77(5,6)73(65)47-57)58-40-44-66-62-20-12-16-24-70(62)78(7,8)74(66)48-58/h9-48H,1-8H3. The van der Waals surface area contributed by atoms with Gasteiger partial charge in [0.1, 0.15) is 0 Å². The van der Waals surface area contributed by atoms with E-state index in [4.69, 9.17) is 0 Å². The summed E-state index contributed by atoms with van der Waals surface area (Å²) < 4.78 is 0. The quantitative estimate of drug-likeness (QED) is 0.150. The minimum atomic E-state index is -0.115. The van der Waals surface area contributed by atoms with Crippen molar-refractivity contribution >= 4 is 34.1 Å². The molecule has 0 amide bonds. The third-order valence-corrected chi connectivity index (χ3v) is 19.1. The van der Waals surface area contributed by atoms with Crippen LogP contribution < -0.4 is 9.80 Å². The maximum Gasteiger partial charge on any atom is 0.0465 e. The molecule has 80 heavy (non-hydrogen) atoms. The van der Waals surface area contributed by atoms with E-state index in [1.807, 2.05) is 0 Å². The Bertz CT molecular complexity index is 3840. The van der Waals surface area contributed by atoms with Gasteiger partial charge >= 0.3 is 0 Å². The summed E-state index contributed by atoms with van der Waals surface area (Å²) in [5.74, 6) is 0. The van der Waals surface area contributed by atoms with E-state index in [9.17, 15) is 0 Å². The number of benzene rings is 11. The minimum Gasteiger partial charge on any atom is -0.310 e. The molecule has 386 valence electrons. The van der Waals surface area contributed by atoms with Gasteiger partial charge in [-0.1, -0.05) is 225 Å². The summed E-state index contributed by atoms with van der Waals surface area (Å²) in [6, 6.07) is 91.6. The maximum absolute atomic E-state index is 2.46.